The summed E-state index contributed by atoms with van der Waals surface area (Å²) in [4.78, 5) is 0. The number of hydrogen-bond acceptors (Lipinski definition) is 3. The molecule has 1 rings (SSSR count). The summed E-state index contributed by atoms with van der Waals surface area (Å²) in [5.74, 6) is 0. The summed E-state index contributed by atoms with van der Waals surface area (Å²) < 4.78 is 0. The van der Waals surface area contributed by atoms with Gasteiger partial charge in [-0.15, -0.1) is 0 Å². The summed E-state index contributed by atoms with van der Waals surface area (Å²) >= 11 is 0. The van der Waals surface area contributed by atoms with E-state index in [1.807, 2.05) is 0 Å². The number of hydrazone groups is 1. The molecule has 0 saturated heterocycles. The molecule has 0 saturated carbocycles. The minimum Gasteiger partial charge on any atom is -0.390 e. The molecule has 0 amide bonds. The first-order valence-electron chi connectivity index (χ1n) is 1.39. The van der Waals surface area contributed by atoms with Gasteiger partial charge in [0.15, 0.2) is 0 Å². The summed E-state index contributed by atoms with van der Waals surface area (Å²) in [7, 11) is 0. The van der Waals surface area contributed by atoms with Gasteiger partial charge in [0.25, 0.3) is 0 Å². The molecular formula is C2H6N4. The van der Waals surface area contributed by atoms with Crippen LogP contribution >= 0.6 is 0 Å². The molecule has 0 aliphatic carbocycles. The lowest BCUT2D eigenvalue weighted by molar-refractivity contribution is 1.27. The highest BCUT2D eigenvalue weighted by molar-refractivity contribution is 5.64. The van der Waals surface area contributed by atoms with E-state index in [9.17, 15) is 0 Å². The van der Waals surface area contributed by atoms with Crippen LogP contribution in [-0.2, 0) is 0 Å². The molecule has 0 unspecified atom stereocenters. The molecule has 4 N–H and O–H groups in total. The number of nitrogens with zero attached hydrogens (tertiary/aromatic N) is 1. The van der Waals surface area contributed by atoms with E-state index in [1.165, 1.54) is 0 Å². The van der Waals surface area contributed by atoms with E-state index in [0.717, 1.165) is 6.34 Å². The molecular weight excluding hydrogens is 80.0 g/mol. The second-order valence-corrected chi connectivity index (χ2v) is 0.554. The molecule has 0 aromatic heterocycles. The third-order valence-corrected chi connectivity index (χ3v) is 0.129. The molecule has 6 heavy (non-hydrogen) atoms. The summed E-state index contributed by atoms with van der Waals surface area (Å²) in [6, 6.07) is 0. The summed E-state index contributed by atoms with van der Waals surface area (Å²) in [6.07, 6.45) is 2.38. The largest absolute Gasteiger partial charge is 0.390 e. The van der Waals surface area contributed by atoms with Crippen LogP contribution in [0, 0.1) is 5.41 Å². The first-order valence-corrected chi connectivity index (χ1v) is 1.39. The standard InChI is InChI=1S/CH2N2.CH4N2/c1-2-3-1;2-1-3/h1H,(H,2,3);1H,(H3,2,3). The molecule has 4 nitrogen and oxygen atoms in total. The van der Waals surface area contributed by atoms with Crippen molar-refractivity contribution in [3.63, 3.8) is 0 Å². The minimum absolute atomic E-state index is 0.750. The van der Waals surface area contributed by atoms with Crippen molar-refractivity contribution in [3.05, 3.63) is 0 Å². The Hall–Kier alpha value is -1.06. The maximum atomic E-state index is 5.86. The zero-order chi connectivity index (χ0) is 4.83. The van der Waals surface area contributed by atoms with Gasteiger partial charge in [0, 0.05) is 0 Å². The van der Waals surface area contributed by atoms with Crippen molar-refractivity contribution in [2.45, 2.75) is 0 Å². The third-order valence-electron chi connectivity index (χ3n) is 0.129. The normalized spacial score (nSPS) is 10.0. The van der Waals surface area contributed by atoms with Gasteiger partial charge < -0.3 is 5.73 Å². The highest BCUT2D eigenvalue weighted by Crippen LogP contribution is 1.56. The van der Waals surface area contributed by atoms with Gasteiger partial charge in [-0.25, -0.2) is 0 Å². The van der Waals surface area contributed by atoms with Crippen LogP contribution in [0.5, 0.6) is 0 Å². The van der Waals surface area contributed by atoms with E-state index in [0.29, 0.717) is 0 Å². The van der Waals surface area contributed by atoms with Crippen molar-refractivity contribution in [2.75, 3.05) is 0 Å². The van der Waals surface area contributed by atoms with Crippen LogP contribution in [-0.4, -0.2) is 12.7 Å². The molecule has 34 valence electrons. The Balaban J connectivity index is 0.0000000833. The van der Waals surface area contributed by atoms with Crippen LogP contribution in [0.1, 0.15) is 0 Å². The first-order chi connectivity index (χ1) is 2.91. The smallest absolute Gasteiger partial charge is 0.129 e. The number of rotatable bonds is 0. The molecule has 0 fully saturated rings. The van der Waals surface area contributed by atoms with Gasteiger partial charge in [-0.2, -0.15) is 5.10 Å². The monoisotopic (exact) mass is 86.1 g/mol. The minimum atomic E-state index is 0.750. The van der Waals surface area contributed by atoms with Gasteiger partial charge in [-0.05, 0) is 0 Å². The van der Waals surface area contributed by atoms with Crippen LogP contribution in [0.25, 0.3) is 0 Å². The van der Waals surface area contributed by atoms with Gasteiger partial charge in [-0.3, -0.25) is 10.8 Å². The van der Waals surface area contributed by atoms with Gasteiger partial charge in [0.05, 0.1) is 6.34 Å². The lowest BCUT2D eigenvalue weighted by Gasteiger charge is -1.38. The van der Waals surface area contributed by atoms with Gasteiger partial charge in [0.2, 0.25) is 0 Å². The topological polar surface area (TPSA) is 84.2 Å². The lowest BCUT2D eigenvalue weighted by Crippen LogP contribution is -1.81. The van der Waals surface area contributed by atoms with E-state index in [4.69, 9.17) is 5.41 Å². The van der Waals surface area contributed by atoms with Gasteiger partial charge >= 0.3 is 0 Å². The van der Waals surface area contributed by atoms with E-state index < -0.39 is 0 Å². The summed E-state index contributed by atoms with van der Waals surface area (Å²) in [5, 5.41) is 9.24. The van der Waals surface area contributed by atoms with Crippen LogP contribution < -0.4 is 11.2 Å². The van der Waals surface area contributed by atoms with Crippen molar-refractivity contribution < 1.29 is 0 Å². The SMILES string of the molecule is C1=NN1.N=CN. The average Bonchev–Trinajstić information content (AvgIpc) is 2.11. The lowest BCUT2D eigenvalue weighted by atomic mass is 11.4. The van der Waals surface area contributed by atoms with E-state index in [1.54, 1.807) is 6.34 Å². The fourth-order valence-electron chi connectivity index (χ4n) is 0. The summed E-state index contributed by atoms with van der Waals surface area (Å²) in [5.41, 5.74) is 6.89. The number of hydrogen-bond donors (Lipinski definition) is 3. The van der Waals surface area contributed by atoms with E-state index >= 15 is 0 Å². The Kier molecular flexibility index (Phi) is 3.24. The maximum Gasteiger partial charge on any atom is 0.129 e. The Labute approximate surface area is 35.5 Å². The molecule has 0 bridgehead atoms. The Bertz CT molecular complexity index is 52.6. The molecule has 0 spiro atoms. The van der Waals surface area contributed by atoms with Crippen molar-refractivity contribution in [1.29, 1.82) is 5.41 Å². The first kappa shape index (κ1) is 4.94. The Morgan fingerprint density at radius 2 is 2.17 bits per heavy atom. The molecule has 0 radical (unpaired) electrons. The second kappa shape index (κ2) is 3.94. The quantitative estimate of drug-likeness (QED) is 0.263. The summed E-state index contributed by atoms with van der Waals surface area (Å²) in [6.45, 7) is 0. The Morgan fingerprint density at radius 1 is 2.00 bits per heavy atom. The highest BCUT2D eigenvalue weighted by atomic mass is 15.4. The molecule has 0 aromatic carbocycles. The molecule has 1 aliphatic rings. The predicted molar refractivity (Wildman–Crippen MR) is 24.6 cm³/mol. The van der Waals surface area contributed by atoms with Crippen molar-refractivity contribution in [2.24, 2.45) is 10.8 Å². The fraction of sp³-hybridized carbons (Fsp3) is 0. The molecule has 0 aromatic rings. The zero-order valence-corrected chi connectivity index (χ0v) is 3.18. The fourth-order valence-corrected chi connectivity index (χ4v) is 0. The highest BCUT2D eigenvalue weighted by Gasteiger charge is 1.71. The van der Waals surface area contributed by atoms with Crippen molar-refractivity contribution >= 4 is 12.7 Å². The third kappa shape index (κ3) is 3070. The zero-order valence-electron chi connectivity index (χ0n) is 3.18. The molecule has 4 heteroatoms. The van der Waals surface area contributed by atoms with E-state index in [-0.39, 0.29) is 0 Å². The maximum absolute atomic E-state index is 5.86. The number of nitrogens with two attached hydrogens (primary N) is 1. The van der Waals surface area contributed by atoms with Crippen LogP contribution in [0.2, 0.25) is 0 Å². The molecule has 1 aliphatic heterocycles. The molecule has 0 atom stereocenters. The van der Waals surface area contributed by atoms with Crippen molar-refractivity contribution in [3.8, 4) is 0 Å². The average molecular weight is 86.1 g/mol. The van der Waals surface area contributed by atoms with Crippen LogP contribution in [0.4, 0.5) is 0 Å². The van der Waals surface area contributed by atoms with Crippen LogP contribution in [0.3, 0.4) is 0 Å². The van der Waals surface area contributed by atoms with E-state index in [2.05, 4.69) is 16.3 Å². The number of nitrogens with one attached hydrogen (secondary N) is 2. The van der Waals surface area contributed by atoms with Crippen LogP contribution in [0.15, 0.2) is 5.10 Å². The van der Waals surface area contributed by atoms with Gasteiger partial charge in [0.1, 0.15) is 6.34 Å². The molecule has 1 heterocycles. The Morgan fingerprint density at radius 3 is 2.17 bits per heavy atom. The predicted octanol–water partition coefficient (Wildman–Crippen LogP) is -0.915. The second-order valence-electron chi connectivity index (χ2n) is 0.554. The van der Waals surface area contributed by atoms with Gasteiger partial charge in [-0.1, -0.05) is 0 Å². The van der Waals surface area contributed by atoms with Crippen molar-refractivity contribution in [1.82, 2.24) is 5.43 Å².